The summed E-state index contributed by atoms with van der Waals surface area (Å²) in [5.74, 6) is -0.833. The Hall–Kier alpha value is -2.15. The van der Waals surface area contributed by atoms with E-state index in [2.05, 4.69) is 36.5 Å². The number of aromatic nitrogens is 2. The van der Waals surface area contributed by atoms with Gasteiger partial charge < -0.3 is 15.6 Å². The number of H-pyrrole nitrogens is 1. The Morgan fingerprint density at radius 3 is 2.53 bits per heavy atom. The molecule has 1 aromatic carbocycles. The molecule has 0 radical (unpaired) electrons. The number of hydrogen-bond donors (Lipinski definition) is 3. The zero-order chi connectivity index (χ0) is 13.8. The molecule has 0 atom stereocenters. The third-order valence-electron chi connectivity index (χ3n) is 2.41. The molecule has 1 aromatic heterocycles. The predicted molar refractivity (Wildman–Crippen MR) is 74.1 cm³/mol. The maximum Gasteiger partial charge on any atom is 0.276 e. The van der Waals surface area contributed by atoms with Crippen molar-refractivity contribution in [1.29, 1.82) is 0 Å². The lowest BCUT2D eigenvalue weighted by atomic mass is 10.2. The molecule has 98 valence electrons. The highest BCUT2D eigenvalue weighted by molar-refractivity contribution is 9.10. The third kappa shape index (κ3) is 3.00. The van der Waals surface area contributed by atoms with Crippen molar-refractivity contribution in [2.45, 2.75) is 0 Å². The maximum absolute atomic E-state index is 12.0. The molecule has 0 aliphatic heterocycles. The van der Waals surface area contributed by atoms with Gasteiger partial charge in [-0.15, -0.1) is 0 Å². The number of halogens is 1. The molecule has 19 heavy (non-hydrogen) atoms. The smallest absolute Gasteiger partial charge is 0.276 e. The quantitative estimate of drug-likeness (QED) is 0.805. The summed E-state index contributed by atoms with van der Waals surface area (Å²) < 4.78 is 0.913. The van der Waals surface area contributed by atoms with E-state index in [1.54, 1.807) is 24.3 Å². The standard InChI is InChI=1S/C12H11BrN4O2/c1-14-11(18)9-10(16-6-15-9)12(19)17-8-4-2-7(13)3-5-8/h2-6H,1H3,(H,14,18)(H,15,16)(H,17,19). The van der Waals surface area contributed by atoms with E-state index in [0.717, 1.165) is 4.47 Å². The van der Waals surface area contributed by atoms with Crippen molar-refractivity contribution in [2.24, 2.45) is 0 Å². The van der Waals surface area contributed by atoms with Gasteiger partial charge in [-0.1, -0.05) is 15.9 Å². The van der Waals surface area contributed by atoms with Crippen LogP contribution in [0.4, 0.5) is 5.69 Å². The summed E-state index contributed by atoms with van der Waals surface area (Å²) in [7, 11) is 1.49. The topological polar surface area (TPSA) is 86.9 Å². The fraction of sp³-hybridized carbons (Fsp3) is 0.0833. The Bertz CT molecular complexity index is 606. The molecule has 6 nitrogen and oxygen atoms in total. The first-order chi connectivity index (χ1) is 9.11. The molecule has 0 unspecified atom stereocenters. The van der Waals surface area contributed by atoms with Gasteiger partial charge in [0.2, 0.25) is 0 Å². The van der Waals surface area contributed by atoms with Crippen LogP contribution in [0.5, 0.6) is 0 Å². The zero-order valence-electron chi connectivity index (χ0n) is 10.0. The Morgan fingerprint density at radius 1 is 1.21 bits per heavy atom. The summed E-state index contributed by atoms with van der Waals surface area (Å²) in [6.45, 7) is 0. The van der Waals surface area contributed by atoms with Crippen molar-refractivity contribution in [1.82, 2.24) is 15.3 Å². The van der Waals surface area contributed by atoms with E-state index >= 15 is 0 Å². The van der Waals surface area contributed by atoms with E-state index in [4.69, 9.17) is 0 Å². The summed E-state index contributed by atoms with van der Waals surface area (Å²) in [5.41, 5.74) is 0.818. The summed E-state index contributed by atoms with van der Waals surface area (Å²) in [6.07, 6.45) is 1.31. The molecule has 0 spiro atoms. The number of hydrogen-bond acceptors (Lipinski definition) is 3. The highest BCUT2D eigenvalue weighted by Gasteiger charge is 2.19. The van der Waals surface area contributed by atoms with Gasteiger partial charge in [-0.25, -0.2) is 4.98 Å². The second-order valence-electron chi connectivity index (χ2n) is 3.67. The monoisotopic (exact) mass is 322 g/mol. The lowest BCUT2D eigenvalue weighted by Crippen LogP contribution is -2.23. The van der Waals surface area contributed by atoms with E-state index in [1.165, 1.54) is 13.4 Å². The highest BCUT2D eigenvalue weighted by Crippen LogP contribution is 2.15. The summed E-state index contributed by atoms with van der Waals surface area (Å²) in [6, 6.07) is 7.10. The van der Waals surface area contributed by atoms with Crippen LogP contribution >= 0.6 is 15.9 Å². The van der Waals surface area contributed by atoms with Gasteiger partial charge in [0.25, 0.3) is 11.8 Å². The first-order valence-corrected chi connectivity index (χ1v) is 6.23. The molecule has 0 saturated heterocycles. The third-order valence-corrected chi connectivity index (χ3v) is 2.94. The second-order valence-corrected chi connectivity index (χ2v) is 4.58. The molecule has 2 rings (SSSR count). The lowest BCUT2D eigenvalue weighted by molar-refractivity contribution is 0.0943. The first kappa shape index (κ1) is 13.3. The number of nitrogens with one attached hydrogen (secondary N) is 3. The van der Waals surface area contributed by atoms with Crippen molar-refractivity contribution in [3.8, 4) is 0 Å². The molecular formula is C12H11BrN4O2. The van der Waals surface area contributed by atoms with Crippen LogP contribution in [0.2, 0.25) is 0 Å². The molecule has 0 aliphatic rings. The van der Waals surface area contributed by atoms with Crippen LogP contribution in [0.3, 0.4) is 0 Å². The van der Waals surface area contributed by atoms with E-state index in [0.29, 0.717) is 5.69 Å². The molecule has 3 N–H and O–H groups in total. The number of carbonyl (C=O) groups excluding carboxylic acids is 2. The number of nitrogens with zero attached hydrogens (tertiary/aromatic N) is 1. The fourth-order valence-electron chi connectivity index (χ4n) is 1.49. The molecule has 0 saturated carbocycles. The van der Waals surface area contributed by atoms with Crippen LogP contribution in [-0.2, 0) is 0 Å². The normalized spacial score (nSPS) is 10.0. The van der Waals surface area contributed by atoms with E-state index < -0.39 is 11.8 Å². The predicted octanol–water partition coefficient (Wildman–Crippen LogP) is 1.78. The number of amides is 2. The summed E-state index contributed by atoms with van der Waals surface area (Å²) in [5, 5.41) is 5.11. The van der Waals surface area contributed by atoms with Crippen LogP contribution < -0.4 is 10.6 Å². The van der Waals surface area contributed by atoms with Gasteiger partial charge in [-0.05, 0) is 24.3 Å². The number of aromatic amines is 1. The minimum atomic E-state index is -0.442. The van der Waals surface area contributed by atoms with Crippen LogP contribution in [0.25, 0.3) is 0 Å². The molecule has 7 heteroatoms. The molecule has 1 heterocycles. The molecule has 0 bridgehead atoms. The average Bonchev–Trinajstić information content (AvgIpc) is 2.90. The van der Waals surface area contributed by atoms with Gasteiger partial charge >= 0.3 is 0 Å². The maximum atomic E-state index is 12.0. The van der Waals surface area contributed by atoms with Crippen LogP contribution in [0, 0.1) is 0 Å². The first-order valence-electron chi connectivity index (χ1n) is 5.44. The van der Waals surface area contributed by atoms with Crippen molar-refractivity contribution in [2.75, 3.05) is 12.4 Å². The van der Waals surface area contributed by atoms with Gasteiger partial charge in [-0.2, -0.15) is 0 Å². The number of carbonyl (C=O) groups is 2. The fourth-order valence-corrected chi connectivity index (χ4v) is 1.75. The van der Waals surface area contributed by atoms with E-state index in [-0.39, 0.29) is 11.4 Å². The molecule has 0 fully saturated rings. The minimum Gasteiger partial charge on any atom is -0.354 e. The SMILES string of the molecule is CNC(=O)c1[nH]cnc1C(=O)Nc1ccc(Br)cc1. The second kappa shape index (κ2) is 5.66. The Kier molecular flexibility index (Phi) is 3.96. The largest absolute Gasteiger partial charge is 0.354 e. The Labute approximate surface area is 117 Å². The molecular weight excluding hydrogens is 312 g/mol. The van der Waals surface area contributed by atoms with Crippen LogP contribution in [0.15, 0.2) is 35.1 Å². The zero-order valence-corrected chi connectivity index (χ0v) is 11.6. The molecule has 0 aliphatic carbocycles. The van der Waals surface area contributed by atoms with Crippen molar-refractivity contribution in [3.05, 3.63) is 46.5 Å². The number of benzene rings is 1. The van der Waals surface area contributed by atoms with Gasteiger partial charge in [-0.3, -0.25) is 9.59 Å². The van der Waals surface area contributed by atoms with Gasteiger partial charge in [0.05, 0.1) is 6.33 Å². The van der Waals surface area contributed by atoms with Crippen LogP contribution in [-0.4, -0.2) is 28.8 Å². The Morgan fingerprint density at radius 2 is 1.89 bits per heavy atom. The van der Waals surface area contributed by atoms with Crippen LogP contribution in [0.1, 0.15) is 21.0 Å². The molecule has 2 aromatic rings. The molecule has 2 amide bonds. The average molecular weight is 323 g/mol. The summed E-state index contributed by atoms with van der Waals surface area (Å²) in [4.78, 5) is 30.0. The van der Waals surface area contributed by atoms with E-state index in [1.807, 2.05) is 0 Å². The van der Waals surface area contributed by atoms with Gasteiger partial charge in [0, 0.05) is 17.2 Å². The number of anilines is 1. The van der Waals surface area contributed by atoms with Crippen molar-refractivity contribution in [3.63, 3.8) is 0 Å². The van der Waals surface area contributed by atoms with Gasteiger partial charge in [0.1, 0.15) is 5.69 Å². The summed E-state index contributed by atoms with van der Waals surface area (Å²) >= 11 is 3.31. The number of rotatable bonds is 3. The van der Waals surface area contributed by atoms with Crippen molar-refractivity contribution >= 4 is 33.4 Å². The minimum absolute atomic E-state index is 0.0577. The van der Waals surface area contributed by atoms with E-state index in [9.17, 15) is 9.59 Å². The highest BCUT2D eigenvalue weighted by atomic mass is 79.9. The lowest BCUT2D eigenvalue weighted by Gasteiger charge is -2.04. The van der Waals surface area contributed by atoms with Gasteiger partial charge in [0.15, 0.2) is 5.69 Å². The number of imidazole rings is 1. The Balaban J connectivity index is 2.18. The van der Waals surface area contributed by atoms with Crippen molar-refractivity contribution < 1.29 is 9.59 Å².